The summed E-state index contributed by atoms with van der Waals surface area (Å²) >= 11 is 0. The van der Waals surface area contributed by atoms with Gasteiger partial charge in [-0.2, -0.15) is 5.10 Å². The van der Waals surface area contributed by atoms with Crippen molar-refractivity contribution < 1.29 is 14.1 Å². The second kappa shape index (κ2) is 9.02. The quantitative estimate of drug-likeness (QED) is 0.613. The van der Waals surface area contributed by atoms with Gasteiger partial charge < -0.3 is 19.5 Å². The average Bonchev–Trinajstić information content (AvgIpc) is 3.52. The molecule has 3 aromatic rings. The molecule has 1 saturated heterocycles. The highest BCUT2D eigenvalue weighted by Gasteiger charge is 2.29. The van der Waals surface area contributed by atoms with Crippen LogP contribution in [0, 0.1) is 0 Å². The molecule has 0 unspecified atom stereocenters. The van der Waals surface area contributed by atoms with E-state index in [1.165, 1.54) is 0 Å². The molecule has 1 aromatic carbocycles. The number of anilines is 1. The fourth-order valence-corrected chi connectivity index (χ4v) is 3.69. The third-order valence-electron chi connectivity index (χ3n) is 5.25. The first-order chi connectivity index (χ1) is 14.7. The van der Waals surface area contributed by atoms with Gasteiger partial charge in [0.25, 0.3) is 5.91 Å². The third kappa shape index (κ3) is 4.17. The van der Waals surface area contributed by atoms with Crippen molar-refractivity contribution in [3.63, 3.8) is 0 Å². The summed E-state index contributed by atoms with van der Waals surface area (Å²) in [4.78, 5) is 15.3. The predicted molar refractivity (Wildman–Crippen MR) is 114 cm³/mol. The molecule has 1 aliphatic rings. The number of aryl methyl sites for hydroxylation is 1. The van der Waals surface area contributed by atoms with E-state index in [2.05, 4.69) is 27.4 Å². The molecule has 8 nitrogen and oxygen atoms in total. The summed E-state index contributed by atoms with van der Waals surface area (Å²) < 4.78 is 12.8. The van der Waals surface area contributed by atoms with Crippen molar-refractivity contribution >= 4 is 11.7 Å². The zero-order chi connectivity index (χ0) is 20.9. The molecule has 8 heteroatoms. The van der Waals surface area contributed by atoms with E-state index in [4.69, 9.17) is 9.26 Å². The molecule has 0 spiro atoms. The number of hydrogen-bond donors (Lipinski definition) is 1. The van der Waals surface area contributed by atoms with Gasteiger partial charge in [0.1, 0.15) is 11.3 Å². The Morgan fingerprint density at radius 1 is 1.23 bits per heavy atom. The van der Waals surface area contributed by atoms with Gasteiger partial charge in [0.15, 0.2) is 11.6 Å². The van der Waals surface area contributed by atoms with E-state index < -0.39 is 0 Å². The summed E-state index contributed by atoms with van der Waals surface area (Å²) in [5.41, 5.74) is 2.22. The van der Waals surface area contributed by atoms with Gasteiger partial charge in [0.2, 0.25) is 0 Å². The Hall–Kier alpha value is -3.29. The van der Waals surface area contributed by atoms with E-state index >= 15 is 0 Å². The molecule has 3 heterocycles. The topological polar surface area (TPSA) is 85.4 Å². The Bertz CT molecular complexity index is 987. The summed E-state index contributed by atoms with van der Waals surface area (Å²) in [6.45, 7) is 5.11. The Labute approximate surface area is 175 Å². The lowest BCUT2D eigenvalue weighted by Gasteiger charge is -2.15. The minimum Gasteiger partial charge on any atom is -0.497 e. The van der Waals surface area contributed by atoms with Crippen LogP contribution in [0.15, 0.2) is 41.2 Å². The molecular weight excluding hydrogens is 382 g/mol. The third-order valence-corrected chi connectivity index (χ3v) is 5.25. The number of aromatic nitrogens is 3. The van der Waals surface area contributed by atoms with Crippen LogP contribution in [0.2, 0.25) is 0 Å². The number of amides is 1. The van der Waals surface area contributed by atoms with Gasteiger partial charge in [-0.1, -0.05) is 12.1 Å². The molecule has 0 saturated carbocycles. The highest BCUT2D eigenvalue weighted by Crippen LogP contribution is 2.33. The molecule has 1 amide bonds. The summed E-state index contributed by atoms with van der Waals surface area (Å²) in [5.74, 6) is 1.62. The van der Waals surface area contributed by atoms with Crippen molar-refractivity contribution in [2.45, 2.75) is 39.3 Å². The molecule has 1 aliphatic heterocycles. The first kappa shape index (κ1) is 20.0. The largest absolute Gasteiger partial charge is 0.497 e. The summed E-state index contributed by atoms with van der Waals surface area (Å²) in [6, 6.07) is 7.44. The van der Waals surface area contributed by atoms with Gasteiger partial charge in [-0.05, 0) is 43.5 Å². The van der Waals surface area contributed by atoms with Crippen LogP contribution in [-0.2, 0) is 13.1 Å². The van der Waals surface area contributed by atoms with Crippen LogP contribution >= 0.6 is 0 Å². The first-order valence-corrected chi connectivity index (χ1v) is 10.4. The normalized spacial score (nSPS) is 13.6. The molecule has 0 atom stereocenters. The molecule has 2 aromatic heterocycles. The van der Waals surface area contributed by atoms with Crippen molar-refractivity contribution in [3.05, 3.63) is 47.8 Å². The monoisotopic (exact) mass is 409 g/mol. The molecule has 158 valence electrons. The first-order valence-electron chi connectivity index (χ1n) is 10.4. The van der Waals surface area contributed by atoms with Gasteiger partial charge in [-0.25, -0.2) is 0 Å². The minimum atomic E-state index is -0.202. The van der Waals surface area contributed by atoms with E-state index in [0.29, 0.717) is 23.7 Å². The number of carbonyl (C=O) groups excluding carboxylic acids is 1. The average molecular weight is 409 g/mol. The van der Waals surface area contributed by atoms with E-state index in [1.807, 2.05) is 35.1 Å². The fraction of sp³-hybridized carbons (Fsp3) is 0.409. The predicted octanol–water partition coefficient (Wildman–Crippen LogP) is 3.49. The van der Waals surface area contributed by atoms with Crippen LogP contribution in [0.25, 0.3) is 11.3 Å². The van der Waals surface area contributed by atoms with Gasteiger partial charge >= 0.3 is 0 Å². The van der Waals surface area contributed by atoms with Gasteiger partial charge in [0, 0.05) is 43.5 Å². The van der Waals surface area contributed by atoms with Crippen molar-refractivity contribution in [2.24, 2.45) is 0 Å². The van der Waals surface area contributed by atoms with Crippen molar-refractivity contribution in [1.82, 2.24) is 20.3 Å². The maximum atomic E-state index is 13.2. The van der Waals surface area contributed by atoms with E-state index in [-0.39, 0.29) is 5.91 Å². The van der Waals surface area contributed by atoms with Gasteiger partial charge in [-0.15, -0.1) is 0 Å². The number of nitrogens with zero attached hydrogens (tertiary/aromatic N) is 4. The van der Waals surface area contributed by atoms with Crippen LogP contribution in [0.5, 0.6) is 5.75 Å². The van der Waals surface area contributed by atoms with E-state index in [0.717, 1.165) is 55.8 Å². The second-order valence-corrected chi connectivity index (χ2v) is 7.43. The van der Waals surface area contributed by atoms with Crippen LogP contribution in [0.1, 0.15) is 42.1 Å². The zero-order valence-electron chi connectivity index (χ0n) is 17.4. The van der Waals surface area contributed by atoms with Crippen LogP contribution in [0.4, 0.5) is 5.82 Å². The SMILES string of the molecule is CCCn1cc(CNC(=O)c2c(N3CCCC3)noc2-c2ccc(OC)cc2)cn1. The Balaban J connectivity index is 1.59. The summed E-state index contributed by atoms with van der Waals surface area (Å²) in [6.07, 6.45) is 6.93. The smallest absolute Gasteiger partial charge is 0.259 e. The zero-order valence-corrected chi connectivity index (χ0v) is 17.4. The summed E-state index contributed by atoms with van der Waals surface area (Å²) in [7, 11) is 1.62. The lowest BCUT2D eigenvalue weighted by atomic mass is 10.1. The lowest BCUT2D eigenvalue weighted by molar-refractivity contribution is 0.0951. The number of ether oxygens (including phenoxy) is 1. The molecule has 0 bridgehead atoms. The van der Waals surface area contributed by atoms with E-state index in [1.54, 1.807) is 13.3 Å². The number of nitrogens with one attached hydrogen (secondary N) is 1. The molecule has 30 heavy (non-hydrogen) atoms. The number of hydrogen-bond acceptors (Lipinski definition) is 6. The van der Waals surface area contributed by atoms with Crippen molar-refractivity contribution in [2.75, 3.05) is 25.1 Å². The number of carbonyl (C=O) groups is 1. The Morgan fingerprint density at radius 2 is 2.00 bits per heavy atom. The molecule has 4 rings (SSSR count). The molecule has 1 N–H and O–H groups in total. The maximum Gasteiger partial charge on any atom is 0.259 e. The molecule has 0 radical (unpaired) electrons. The van der Waals surface area contributed by atoms with Crippen LogP contribution < -0.4 is 15.0 Å². The van der Waals surface area contributed by atoms with Crippen molar-refractivity contribution in [1.29, 1.82) is 0 Å². The highest BCUT2D eigenvalue weighted by molar-refractivity contribution is 6.04. The number of benzene rings is 1. The van der Waals surface area contributed by atoms with E-state index in [9.17, 15) is 4.79 Å². The maximum absolute atomic E-state index is 13.2. The second-order valence-electron chi connectivity index (χ2n) is 7.43. The van der Waals surface area contributed by atoms with Crippen molar-refractivity contribution in [3.8, 4) is 17.1 Å². The fourth-order valence-electron chi connectivity index (χ4n) is 3.69. The molecule has 0 aliphatic carbocycles. The Morgan fingerprint density at radius 3 is 2.70 bits per heavy atom. The minimum absolute atomic E-state index is 0.202. The molecular formula is C22H27N5O3. The lowest BCUT2D eigenvalue weighted by Crippen LogP contribution is -2.27. The van der Waals surface area contributed by atoms with Gasteiger partial charge in [-0.3, -0.25) is 9.48 Å². The standard InChI is InChI=1S/C22H27N5O3/c1-3-10-27-15-16(14-24-27)13-23-22(28)19-20(17-6-8-18(29-2)9-7-17)30-25-21(19)26-11-4-5-12-26/h6-9,14-15H,3-5,10-13H2,1-2H3,(H,23,28). The summed E-state index contributed by atoms with van der Waals surface area (Å²) in [5, 5.41) is 11.6. The van der Waals surface area contributed by atoms with Crippen LogP contribution in [0.3, 0.4) is 0 Å². The van der Waals surface area contributed by atoms with Crippen LogP contribution in [-0.4, -0.2) is 41.0 Å². The molecule has 1 fully saturated rings. The highest BCUT2D eigenvalue weighted by atomic mass is 16.5. The van der Waals surface area contributed by atoms with Gasteiger partial charge in [0.05, 0.1) is 13.3 Å². The number of methoxy groups -OCH3 is 1. The Kier molecular flexibility index (Phi) is 6.02. The number of rotatable bonds is 8.